The Hall–Kier alpha value is -1.85. The summed E-state index contributed by atoms with van der Waals surface area (Å²) in [6, 6.07) is 7.83. The van der Waals surface area contributed by atoms with Crippen LogP contribution in [0.15, 0.2) is 30.5 Å². The number of fused-ring (bicyclic) bond motifs is 1. The molecule has 0 saturated carbocycles. The first-order chi connectivity index (χ1) is 10.3. The lowest BCUT2D eigenvalue weighted by Crippen LogP contribution is -2.47. The number of anilines is 1. The summed E-state index contributed by atoms with van der Waals surface area (Å²) in [6.07, 6.45) is 3.30. The number of nitrogens with one attached hydrogen (secondary N) is 1. The summed E-state index contributed by atoms with van der Waals surface area (Å²) in [6.45, 7) is 1.38. The van der Waals surface area contributed by atoms with Gasteiger partial charge < -0.3 is 19.9 Å². The van der Waals surface area contributed by atoms with Gasteiger partial charge in [0.2, 0.25) is 0 Å². The van der Waals surface area contributed by atoms with Gasteiger partial charge in [0, 0.05) is 30.2 Å². The number of hydrogen-bond donors (Lipinski definition) is 2. The molecule has 5 nitrogen and oxygen atoms in total. The molecule has 0 bridgehead atoms. The molecule has 2 aromatic rings. The van der Waals surface area contributed by atoms with Gasteiger partial charge in [-0.3, -0.25) is 0 Å². The molecular formula is C16H20N2O3. The fraction of sp³-hybridized carbons (Fsp3) is 0.438. The summed E-state index contributed by atoms with van der Waals surface area (Å²) in [5.41, 5.74) is -0.359. The molecule has 2 heterocycles. The monoisotopic (exact) mass is 288 g/mol. The molecule has 1 aliphatic heterocycles. The zero-order valence-corrected chi connectivity index (χ0v) is 12.1. The van der Waals surface area contributed by atoms with E-state index in [4.69, 9.17) is 9.47 Å². The summed E-state index contributed by atoms with van der Waals surface area (Å²) in [4.78, 5) is 4.45. The average Bonchev–Trinajstić information content (AvgIpc) is 2.55. The molecule has 2 N–H and O–H groups in total. The molecule has 1 fully saturated rings. The Kier molecular flexibility index (Phi) is 3.94. The summed E-state index contributed by atoms with van der Waals surface area (Å²) in [5.74, 6) is 1.60. The Morgan fingerprint density at radius 2 is 2.10 bits per heavy atom. The van der Waals surface area contributed by atoms with Crippen LogP contribution in [0.25, 0.3) is 10.8 Å². The smallest absolute Gasteiger partial charge is 0.134 e. The number of rotatable bonds is 4. The zero-order chi connectivity index (χ0) is 14.7. The second kappa shape index (κ2) is 5.87. The van der Waals surface area contributed by atoms with Crippen molar-refractivity contribution in [3.05, 3.63) is 30.5 Å². The third-order valence-electron chi connectivity index (χ3n) is 4.12. The third kappa shape index (κ3) is 2.66. The molecule has 1 aromatic heterocycles. The number of aliphatic hydroxyl groups is 1. The van der Waals surface area contributed by atoms with E-state index in [0.29, 0.717) is 13.2 Å². The summed E-state index contributed by atoms with van der Waals surface area (Å²) >= 11 is 0. The lowest BCUT2D eigenvalue weighted by molar-refractivity contribution is 0.0379. The first-order valence-corrected chi connectivity index (χ1v) is 7.16. The van der Waals surface area contributed by atoms with Gasteiger partial charge in [-0.1, -0.05) is 12.1 Å². The van der Waals surface area contributed by atoms with E-state index in [0.717, 1.165) is 35.2 Å². The average molecular weight is 288 g/mol. The standard InChI is InChI=1S/C16H20N2O3/c1-20-14-4-2-3-13-12(14)5-8-17-15(13)18-16(11-19)6-9-21-10-7-16/h2-5,8,19H,6-7,9-11H2,1H3,(H,17,18). The van der Waals surface area contributed by atoms with Crippen molar-refractivity contribution in [1.82, 2.24) is 4.98 Å². The van der Waals surface area contributed by atoms with Crippen molar-refractivity contribution in [2.75, 3.05) is 32.2 Å². The normalized spacial score (nSPS) is 17.6. The minimum absolute atomic E-state index is 0.0679. The molecule has 5 heteroatoms. The molecule has 0 atom stereocenters. The van der Waals surface area contributed by atoms with Crippen molar-refractivity contribution < 1.29 is 14.6 Å². The van der Waals surface area contributed by atoms with Crippen LogP contribution in [0.1, 0.15) is 12.8 Å². The second-order valence-corrected chi connectivity index (χ2v) is 5.39. The minimum Gasteiger partial charge on any atom is -0.496 e. The minimum atomic E-state index is -0.359. The molecule has 3 rings (SSSR count). The fourth-order valence-corrected chi connectivity index (χ4v) is 2.79. The Morgan fingerprint density at radius 1 is 1.29 bits per heavy atom. The highest BCUT2D eigenvalue weighted by Gasteiger charge is 2.32. The molecule has 1 aliphatic rings. The van der Waals surface area contributed by atoms with E-state index in [1.54, 1.807) is 13.3 Å². The quantitative estimate of drug-likeness (QED) is 0.903. The van der Waals surface area contributed by atoms with Crippen LogP contribution in [0.4, 0.5) is 5.82 Å². The lowest BCUT2D eigenvalue weighted by atomic mass is 9.90. The summed E-state index contributed by atoms with van der Waals surface area (Å²) in [7, 11) is 1.66. The Bertz CT molecular complexity index is 624. The number of aliphatic hydroxyl groups excluding tert-OH is 1. The van der Waals surface area contributed by atoms with Gasteiger partial charge in [0.15, 0.2) is 0 Å². The van der Waals surface area contributed by atoms with Crippen LogP contribution in [0.3, 0.4) is 0 Å². The van der Waals surface area contributed by atoms with Crippen molar-refractivity contribution in [3.63, 3.8) is 0 Å². The van der Waals surface area contributed by atoms with Crippen molar-refractivity contribution in [1.29, 1.82) is 0 Å². The molecule has 0 unspecified atom stereocenters. The zero-order valence-electron chi connectivity index (χ0n) is 12.1. The van der Waals surface area contributed by atoms with E-state index in [1.165, 1.54) is 0 Å². The Labute approximate surface area is 123 Å². The van der Waals surface area contributed by atoms with E-state index in [2.05, 4.69) is 10.3 Å². The van der Waals surface area contributed by atoms with Crippen LogP contribution in [0.5, 0.6) is 5.75 Å². The lowest BCUT2D eigenvalue weighted by Gasteiger charge is -2.37. The van der Waals surface area contributed by atoms with Crippen molar-refractivity contribution in [3.8, 4) is 5.75 Å². The Morgan fingerprint density at radius 3 is 2.81 bits per heavy atom. The van der Waals surface area contributed by atoms with E-state index >= 15 is 0 Å². The Balaban J connectivity index is 2.00. The molecule has 112 valence electrons. The van der Waals surface area contributed by atoms with Gasteiger partial charge in [0.05, 0.1) is 19.3 Å². The van der Waals surface area contributed by atoms with E-state index < -0.39 is 0 Å². The SMILES string of the molecule is COc1cccc2c(NC3(CO)CCOCC3)nccc12. The van der Waals surface area contributed by atoms with Crippen molar-refractivity contribution in [2.45, 2.75) is 18.4 Å². The van der Waals surface area contributed by atoms with Gasteiger partial charge in [-0.05, 0) is 25.0 Å². The molecule has 0 spiro atoms. The van der Waals surface area contributed by atoms with E-state index in [9.17, 15) is 5.11 Å². The highest BCUT2D eigenvalue weighted by Crippen LogP contribution is 2.32. The van der Waals surface area contributed by atoms with Crippen LogP contribution in [-0.4, -0.2) is 42.6 Å². The molecule has 1 saturated heterocycles. The fourth-order valence-electron chi connectivity index (χ4n) is 2.79. The van der Waals surface area contributed by atoms with Gasteiger partial charge in [-0.2, -0.15) is 0 Å². The number of benzene rings is 1. The predicted octanol–water partition coefficient (Wildman–Crippen LogP) is 2.20. The highest BCUT2D eigenvalue weighted by molar-refractivity contribution is 5.96. The summed E-state index contributed by atoms with van der Waals surface area (Å²) < 4.78 is 10.8. The maximum Gasteiger partial charge on any atom is 0.134 e. The van der Waals surface area contributed by atoms with Crippen LogP contribution in [-0.2, 0) is 4.74 Å². The molecule has 21 heavy (non-hydrogen) atoms. The van der Waals surface area contributed by atoms with Gasteiger partial charge >= 0.3 is 0 Å². The maximum atomic E-state index is 9.81. The molecular weight excluding hydrogens is 268 g/mol. The van der Waals surface area contributed by atoms with Crippen LogP contribution >= 0.6 is 0 Å². The topological polar surface area (TPSA) is 63.6 Å². The number of aromatic nitrogens is 1. The first kappa shape index (κ1) is 14.1. The first-order valence-electron chi connectivity index (χ1n) is 7.16. The second-order valence-electron chi connectivity index (χ2n) is 5.39. The molecule has 1 aromatic carbocycles. The van der Waals surface area contributed by atoms with Crippen LogP contribution < -0.4 is 10.1 Å². The molecule has 0 aliphatic carbocycles. The number of hydrogen-bond acceptors (Lipinski definition) is 5. The third-order valence-corrected chi connectivity index (χ3v) is 4.12. The summed E-state index contributed by atoms with van der Waals surface area (Å²) in [5, 5.41) is 15.3. The maximum absolute atomic E-state index is 9.81. The predicted molar refractivity (Wildman–Crippen MR) is 81.8 cm³/mol. The van der Waals surface area contributed by atoms with E-state index in [1.807, 2.05) is 24.3 Å². The largest absolute Gasteiger partial charge is 0.496 e. The van der Waals surface area contributed by atoms with Gasteiger partial charge in [-0.25, -0.2) is 4.98 Å². The van der Waals surface area contributed by atoms with Crippen LogP contribution in [0.2, 0.25) is 0 Å². The van der Waals surface area contributed by atoms with Gasteiger partial charge in [0.25, 0.3) is 0 Å². The van der Waals surface area contributed by atoms with Gasteiger partial charge in [0.1, 0.15) is 11.6 Å². The number of methoxy groups -OCH3 is 1. The number of ether oxygens (including phenoxy) is 2. The molecule has 0 amide bonds. The number of pyridine rings is 1. The van der Waals surface area contributed by atoms with Crippen LogP contribution in [0, 0.1) is 0 Å². The number of nitrogens with zero attached hydrogens (tertiary/aromatic N) is 1. The van der Waals surface area contributed by atoms with Crippen molar-refractivity contribution in [2.24, 2.45) is 0 Å². The molecule has 0 radical (unpaired) electrons. The van der Waals surface area contributed by atoms with Gasteiger partial charge in [-0.15, -0.1) is 0 Å². The van der Waals surface area contributed by atoms with E-state index in [-0.39, 0.29) is 12.1 Å². The van der Waals surface area contributed by atoms with Crippen molar-refractivity contribution >= 4 is 16.6 Å². The highest BCUT2D eigenvalue weighted by atomic mass is 16.5.